The zero-order valence-corrected chi connectivity index (χ0v) is 17.0. The summed E-state index contributed by atoms with van der Waals surface area (Å²) in [6, 6.07) is 15.1. The van der Waals surface area contributed by atoms with Crippen LogP contribution in [0.2, 0.25) is 0 Å². The highest BCUT2D eigenvalue weighted by atomic mass is 16.2. The summed E-state index contributed by atoms with van der Waals surface area (Å²) in [4.78, 5) is 31.7. The lowest BCUT2D eigenvalue weighted by atomic mass is 9.96. The third kappa shape index (κ3) is 4.40. The molecule has 0 bridgehead atoms. The van der Waals surface area contributed by atoms with Gasteiger partial charge in [-0.1, -0.05) is 25.1 Å². The van der Waals surface area contributed by atoms with Gasteiger partial charge in [-0.15, -0.1) is 0 Å². The van der Waals surface area contributed by atoms with Gasteiger partial charge in [0, 0.05) is 25.0 Å². The summed E-state index contributed by atoms with van der Waals surface area (Å²) < 4.78 is 0. The van der Waals surface area contributed by atoms with Crippen LogP contribution in [-0.2, 0) is 11.2 Å². The molecule has 2 amide bonds. The molecule has 0 radical (unpaired) electrons. The van der Waals surface area contributed by atoms with Gasteiger partial charge in [0.15, 0.2) is 0 Å². The van der Waals surface area contributed by atoms with E-state index < -0.39 is 0 Å². The first-order chi connectivity index (χ1) is 14.6. The average Bonchev–Trinajstić information content (AvgIpc) is 3.30. The number of benzene rings is 1. The van der Waals surface area contributed by atoms with Crippen molar-refractivity contribution >= 4 is 17.5 Å². The van der Waals surface area contributed by atoms with Gasteiger partial charge >= 0.3 is 0 Å². The summed E-state index contributed by atoms with van der Waals surface area (Å²) in [7, 11) is 0. The van der Waals surface area contributed by atoms with E-state index in [1.165, 1.54) is 5.56 Å². The van der Waals surface area contributed by atoms with Crippen molar-refractivity contribution in [1.82, 2.24) is 20.1 Å². The molecule has 1 aliphatic heterocycles. The molecule has 7 nitrogen and oxygen atoms in total. The van der Waals surface area contributed by atoms with Crippen molar-refractivity contribution in [3.8, 4) is 11.4 Å². The maximum absolute atomic E-state index is 12.9. The van der Waals surface area contributed by atoms with Crippen molar-refractivity contribution in [2.24, 2.45) is 5.92 Å². The van der Waals surface area contributed by atoms with E-state index in [9.17, 15) is 9.59 Å². The first kappa shape index (κ1) is 19.8. The van der Waals surface area contributed by atoms with E-state index in [0.717, 1.165) is 24.9 Å². The maximum atomic E-state index is 12.9. The van der Waals surface area contributed by atoms with Gasteiger partial charge in [-0.2, -0.15) is 5.10 Å². The predicted octanol–water partition coefficient (Wildman–Crippen LogP) is 3.53. The van der Waals surface area contributed by atoms with Crippen LogP contribution >= 0.6 is 0 Å². The third-order valence-electron chi connectivity index (χ3n) is 5.44. The Bertz CT molecular complexity index is 1010. The van der Waals surface area contributed by atoms with Crippen LogP contribution in [-0.4, -0.2) is 45.0 Å². The number of hydrogen-bond donors (Lipinski definition) is 2. The van der Waals surface area contributed by atoms with E-state index in [0.29, 0.717) is 30.2 Å². The molecule has 3 aromatic rings. The van der Waals surface area contributed by atoms with Crippen molar-refractivity contribution in [3.05, 3.63) is 66.0 Å². The van der Waals surface area contributed by atoms with E-state index in [2.05, 4.69) is 27.4 Å². The number of hydrogen-bond acceptors (Lipinski definition) is 4. The molecule has 0 aliphatic carbocycles. The lowest BCUT2D eigenvalue weighted by Gasteiger charge is -2.31. The van der Waals surface area contributed by atoms with Crippen LogP contribution < -0.4 is 5.32 Å². The molecular formula is C23H25N5O2. The number of piperidine rings is 1. The maximum Gasteiger partial charge on any atom is 0.271 e. The molecule has 1 aliphatic rings. The highest BCUT2D eigenvalue weighted by Gasteiger charge is 2.29. The zero-order chi connectivity index (χ0) is 20.9. The minimum atomic E-state index is -0.230. The SMILES string of the molecule is CCc1ccc(NC(=O)[C@@H]2CCCN(C(=O)c3cc(-c4ccccn4)n[nH]3)C2)cc1. The Balaban J connectivity index is 1.40. The molecule has 30 heavy (non-hydrogen) atoms. The van der Waals surface area contributed by atoms with Gasteiger partial charge in [0.1, 0.15) is 11.4 Å². The van der Waals surface area contributed by atoms with E-state index in [1.54, 1.807) is 17.2 Å². The van der Waals surface area contributed by atoms with Crippen LogP contribution in [0.1, 0.15) is 35.8 Å². The van der Waals surface area contributed by atoms with Crippen LogP contribution in [0.3, 0.4) is 0 Å². The van der Waals surface area contributed by atoms with Crippen molar-refractivity contribution in [3.63, 3.8) is 0 Å². The van der Waals surface area contributed by atoms with Crippen LogP contribution in [0.5, 0.6) is 0 Å². The highest BCUT2D eigenvalue weighted by molar-refractivity contribution is 5.95. The number of nitrogens with zero attached hydrogens (tertiary/aromatic N) is 3. The molecular weight excluding hydrogens is 378 g/mol. The van der Waals surface area contributed by atoms with Gasteiger partial charge in [0.2, 0.25) is 5.91 Å². The Kier molecular flexibility index (Phi) is 5.88. The minimum absolute atomic E-state index is 0.0458. The summed E-state index contributed by atoms with van der Waals surface area (Å²) in [5, 5.41) is 10.0. The average molecular weight is 403 g/mol. The number of anilines is 1. The third-order valence-corrected chi connectivity index (χ3v) is 5.44. The van der Waals surface area contributed by atoms with Gasteiger partial charge in [0.25, 0.3) is 5.91 Å². The second-order valence-electron chi connectivity index (χ2n) is 7.51. The van der Waals surface area contributed by atoms with Crippen LogP contribution in [0, 0.1) is 5.92 Å². The number of H-pyrrole nitrogens is 1. The Morgan fingerprint density at radius 3 is 2.73 bits per heavy atom. The van der Waals surface area contributed by atoms with E-state index in [1.807, 2.05) is 42.5 Å². The first-order valence-electron chi connectivity index (χ1n) is 10.3. The number of aromatic amines is 1. The Morgan fingerprint density at radius 1 is 1.17 bits per heavy atom. The number of nitrogens with one attached hydrogen (secondary N) is 2. The van der Waals surface area contributed by atoms with E-state index in [4.69, 9.17) is 0 Å². The van der Waals surface area contributed by atoms with Gasteiger partial charge in [-0.05, 0) is 55.2 Å². The number of carbonyl (C=O) groups excluding carboxylic acids is 2. The molecule has 3 heterocycles. The summed E-state index contributed by atoms with van der Waals surface area (Å²) in [6.45, 7) is 3.13. The zero-order valence-electron chi connectivity index (χ0n) is 17.0. The fourth-order valence-corrected chi connectivity index (χ4v) is 3.69. The summed E-state index contributed by atoms with van der Waals surface area (Å²) in [5.74, 6) is -0.420. The molecule has 0 saturated carbocycles. The predicted molar refractivity (Wildman–Crippen MR) is 115 cm³/mol. The Labute approximate surface area is 175 Å². The molecule has 1 atom stereocenters. The molecule has 1 fully saturated rings. The largest absolute Gasteiger partial charge is 0.337 e. The molecule has 1 saturated heterocycles. The van der Waals surface area contributed by atoms with Gasteiger partial charge in [0.05, 0.1) is 11.6 Å². The normalized spacial score (nSPS) is 16.3. The summed E-state index contributed by atoms with van der Waals surface area (Å²) in [6.07, 6.45) is 4.21. The minimum Gasteiger partial charge on any atom is -0.337 e. The van der Waals surface area contributed by atoms with Crippen LogP contribution in [0.25, 0.3) is 11.4 Å². The molecule has 154 valence electrons. The molecule has 2 N–H and O–H groups in total. The first-order valence-corrected chi connectivity index (χ1v) is 10.3. The topological polar surface area (TPSA) is 91.0 Å². The van der Waals surface area contributed by atoms with Gasteiger partial charge in [-0.25, -0.2) is 0 Å². The molecule has 0 spiro atoms. The van der Waals surface area contributed by atoms with Crippen LogP contribution in [0.15, 0.2) is 54.7 Å². The number of rotatable bonds is 5. The molecule has 4 rings (SSSR count). The number of aromatic nitrogens is 3. The lowest BCUT2D eigenvalue weighted by molar-refractivity contribution is -0.121. The molecule has 1 aromatic carbocycles. The molecule has 2 aromatic heterocycles. The molecule has 7 heteroatoms. The number of pyridine rings is 1. The second-order valence-corrected chi connectivity index (χ2v) is 7.51. The quantitative estimate of drug-likeness (QED) is 0.682. The van der Waals surface area contributed by atoms with Crippen molar-refractivity contribution in [1.29, 1.82) is 0 Å². The Hall–Kier alpha value is -3.48. The summed E-state index contributed by atoms with van der Waals surface area (Å²) >= 11 is 0. The number of likely N-dealkylation sites (tertiary alicyclic amines) is 1. The van der Waals surface area contributed by atoms with Crippen molar-refractivity contribution in [2.45, 2.75) is 26.2 Å². The fraction of sp³-hybridized carbons (Fsp3) is 0.304. The number of carbonyl (C=O) groups is 2. The lowest BCUT2D eigenvalue weighted by Crippen LogP contribution is -2.43. The highest BCUT2D eigenvalue weighted by Crippen LogP contribution is 2.22. The standard InChI is InChI=1S/C23H25N5O2/c1-2-16-8-10-18(11-9-16)25-22(29)17-6-5-13-28(15-17)23(30)21-14-20(26-27-21)19-7-3-4-12-24-19/h3-4,7-12,14,17H,2,5-6,13,15H2,1H3,(H,25,29)(H,26,27)/t17-/m1/s1. The number of aryl methyl sites for hydroxylation is 1. The molecule has 0 unspecified atom stereocenters. The smallest absolute Gasteiger partial charge is 0.271 e. The van der Waals surface area contributed by atoms with E-state index >= 15 is 0 Å². The summed E-state index contributed by atoms with van der Waals surface area (Å²) in [5.41, 5.74) is 3.76. The van der Waals surface area contributed by atoms with Crippen molar-refractivity contribution in [2.75, 3.05) is 18.4 Å². The Morgan fingerprint density at radius 2 is 2.00 bits per heavy atom. The van der Waals surface area contributed by atoms with Gasteiger partial charge in [-0.3, -0.25) is 19.7 Å². The monoisotopic (exact) mass is 403 g/mol. The second kappa shape index (κ2) is 8.90. The van der Waals surface area contributed by atoms with E-state index in [-0.39, 0.29) is 17.7 Å². The van der Waals surface area contributed by atoms with Gasteiger partial charge < -0.3 is 10.2 Å². The number of amides is 2. The van der Waals surface area contributed by atoms with Crippen molar-refractivity contribution < 1.29 is 9.59 Å². The van der Waals surface area contributed by atoms with Crippen LogP contribution in [0.4, 0.5) is 5.69 Å². The fourth-order valence-electron chi connectivity index (χ4n) is 3.69.